The van der Waals surface area contributed by atoms with Crippen molar-refractivity contribution in [3.8, 4) is 11.8 Å². The number of carbonyl (C=O) groups excluding carboxylic acids is 2. The minimum Gasteiger partial charge on any atom is -0.352 e. The fourth-order valence-corrected chi connectivity index (χ4v) is 2.35. The lowest BCUT2D eigenvalue weighted by molar-refractivity contribution is -0.126. The fraction of sp³-hybridized carbons (Fsp3) is 0.412. The van der Waals surface area contributed by atoms with Gasteiger partial charge in [0.2, 0.25) is 5.91 Å². The van der Waals surface area contributed by atoms with E-state index >= 15 is 0 Å². The summed E-state index contributed by atoms with van der Waals surface area (Å²) in [6.45, 7) is 1.67. The van der Waals surface area contributed by atoms with Gasteiger partial charge in [0.05, 0.1) is 0 Å². The first-order valence-electron chi connectivity index (χ1n) is 7.33. The van der Waals surface area contributed by atoms with Gasteiger partial charge in [-0.2, -0.15) is 0 Å². The molecular weight excluding hydrogens is 264 g/mol. The first-order chi connectivity index (χ1) is 10.1. The molecule has 4 nitrogen and oxygen atoms in total. The van der Waals surface area contributed by atoms with Crippen LogP contribution in [0.15, 0.2) is 30.3 Å². The van der Waals surface area contributed by atoms with Gasteiger partial charge in [-0.15, -0.1) is 0 Å². The summed E-state index contributed by atoms with van der Waals surface area (Å²) in [6.07, 6.45) is 4.38. The van der Waals surface area contributed by atoms with Gasteiger partial charge in [-0.25, -0.2) is 0 Å². The van der Waals surface area contributed by atoms with Crippen LogP contribution in [0.4, 0.5) is 0 Å². The second-order valence-corrected chi connectivity index (χ2v) is 5.30. The Labute approximate surface area is 125 Å². The highest BCUT2D eigenvalue weighted by molar-refractivity contribution is 5.97. The smallest absolute Gasteiger partial charge is 0.296 e. The second-order valence-electron chi connectivity index (χ2n) is 5.30. The van der Waals surface area contributed by atoms with E-state index in [1.165, 1.54) is 0 Å². The summed E-state index contributed by atoms with van der Waals surface area (Å²) in [4.78, 5) is 23.6. The van der Waals surface area contributed by atoms with Gasteiger partial charge >= 0.3 is 0 Å². The quantitative estimate of drug-likeness (QED) is 0.828. The van der Waals surface area contributed by atoms with Gasteiger partial charge in [0.25, 0.3) is 5.91 Å². The first-order valence-corrected chi connectivity index (χ1v) is 7.33. The second kappa shape index (κ2) is 7.49. The molecule has 0 radical (unpaired) electrons. The van der Waals surface area contributed by atoms with Crippen molar-refractivity contribution in [2.75, 3.05) is 0 Å². The van der Waals surface area contributed by atoms with E-state index in [4.69, 9.17) is 0 Å². The van der Waals surface area contributed by atoms with Crippen LogP contribution in [0.5, 0.6) is 0 Å². The van der Waals surface area contributed by atoms with Crippen LogP contribution in [-0.4, -0.2) is 23.9 Å². The van der Waals surface area contributed by atoms with Crippen molar-refractivity contribution in [3.05, 3.63) is 35.9 Å². The van der Waals surface area contributed by atoms with Gasteiger partial charge in [0, 0.05) is 17.5 Å². The maximum atomic E-state index is 11.9. The van der Waals surface area contributed by atoms with E-state index < -0.39 is 11.9 Å². The molecule has 1 atom stereocenters. The minimum absolute atomic E-state index is 0.142. The molecule has 21 heavy (non-hydrogen) atoms. The monoisotopic (exact) mass is 284 g/mol. The molecular formula is C17H20N2O2. The molecule has 0 saturated heterocycles. The third-order valence-corrected chi connectivity index (χ3v) is 3.54. The standard InChI is InChI=1S/C17H20N2O2/c1-13(17(21)19-15-9-5-6-10-15)18-16(20)12-11-14-7-3-2-4-8-14/h2-4,7-8,13,15H,5-6,9-10H2,1H3,(H,18,20)(H,19,21)/t13-/m0/s1. The van der Waals surface area contributed by atoms with E-state index in [0.717, 1.165) is 31.2 Å². The summed E-state index contributed by atoms with van der Waals surface area (Å²) in [5.74, 6) is 4.69. The highest BCUT2D eigenvalue weighted by Gasteiger charge is 2.21. The number of hydrogen-bond acceptors (Lipinski definition) is 2. The molecule has 1 aliphatic carbocycles. The Kier molecular flexibility index (Phi) is 5.39. The molecule has 1 aliphatic rings. The molecule has 1 fully saturated rings. The minimum atomic E-state index is -0.567. The third-order valence-electron chi connectivity index (χ3n) is 3.54. The van der Waals surface area contributed by atoms with E-state index in [1.54, 1.807) is 6.92 Å². The van der Waals surface area contributed by atoms with Gasteiger partial charge < -0.3 is 10.6 Å². The van der Waals surface area contributed by atoms with Crippen LogP contribution >= 0.6 is 0 Å². The van der Waals surface area contributed by atoms with Crippen LogP contribution in [0, 0.1) is 11.8 Å². The van der Waals surface area contributed by atoms with Crippen molar-refractivity contribution in [1.29, 1.82) is 0 Å². The van der Waals surface area contributed by atoms with Crippen molar-refractivity contribution in [2.45, 2.75) is 44.7 Å². The number of carbonyl (C=O) groups is 2. The molecule has 0 spiro atoms. The number of rotatable bonds is 3. The normalized spacial score (nSPS) is 15.7. The van der Waals surface area contributed by atoms with Crippen LogP contribution in [0.25, 0.3) is 0 Å². The van der Waals surface area contributed by atoms with Crippen LogP contribution in [0.3, 0.4) is 0 Å². The first kappa shape index (κ1) is 15.1. The van der Waals surface area contributed by atoms with E-state index in [2.05, 4.69) is 22.5 Å². The van der Waals surface area contributed by atoms with Crippen LogP contribution in [0.2, 0.25) is 0 Å². The van der Waals surface area contributed by atoms with Crippen LogP contribution < -0.4 is 10.6 Å². The van der Waals surface area contributed by atoms with Gasteiger partial charge in [-0.05, 0) is 31.9 Å². The zero-order valence-electron chi connectivity index (χ0n) is 12.2. The van der Waals surface area contributed by atoms with Gasteiger partial charge in [0.1, 0.15) is 6.04 Å². The molecule has 0 heterocycles. The largest absolute Gasteiger partial charge is 0.352 e. The van der Waals surface area contributed by atoms with Crippen molar-refractivity contribution >= 4 is 11.8 Å². The Balaban J connectivity index is 1.81. The van der Waals surface area contributed by atoms with Crippen molar-refractivity contribution in [2.24, 2.45) is 0 Å². The zero-order chi connectivity index (χ0) is 15.1. The zero-order valence-corrected chi connectivity index (χ0v) is 12.2. The highest BCUT2D eigenvalue weighted by Crippen LogP contribution is 2.17. The Morgan fingerprint density at radius 1 is 1.19 bits per heavy atom. The lowest BCUT2D eigenvalue weighted by atomic mass is 10.2. The Hall–Kier alpha value is -2.28. The number of hydrogen-bond donors (Lipinski definition) is 2. The molecule has 110 valence electrons. The predicted molar refractivity (Wildman–Crippen MR) is 81.3 cm³/mol. The Morgan fingerprint density at radius 2 is 1.86 bits per heavy atom. The number of amides is 2. The lowest BCUT2D eigenvalue weighted by Gasteiger charge is -2.16. The lowest BCUT2D eigenvalue weighted by Crippen LogP contribution is -2.47. The van der Waals surface area contributed by atoms with Crippen LogP contribution in [-0.2, 0) is 9.59 Å². The van der Waals surface area contributed by atoms with Gasteiger partial charge in [0.15, 0.2) is 0 Å². The van der Waals surface area contributed by atoms with Crippen LogP contribution in [0.1, 0.15) is 38.2 Å². The summed E-state index contributed by atoms with van der Waals surface area (Å²) in [7, 11) is 0. The molecule has 2 rings (SSSR count). The number of nitrogens with one attached hydrogen (secondary N) is 2. The topological polar surface area (TPSA) is 58.2 Å². The molecule has 0 aromatic heterocycles. The molecule has 2 amide bonds. The Morgan fingerprint density at radius 3 is 2.52 bits per heavy atom. The maximum absolute atomic E-state index is 11.9. The summed E-state index contributed by atoms with van der Waals surface area (Å²) < 4.78 is 0. The highest BCUT2D eigenvalue weighted by atomic mass is 16.2. The summed E-state index contributed by atoms with van der Waals surface area (Å²) >= 11 is 0. The van der Waals surface area contributed by atoms with Gasteiger partial charge in [-0.3, -0.25) is 9.59 Å². The average Bonchev–Trinajstić information content (AvgIpc) is 2.99. The summed E-state index contributed by atoms with van der Waals surface area (Å²) in [5, 5.41) is 5.56. The molecule has 0 unspecified atom stereocenters. The van der Waals surface area contributed by atoms with Crippen molar-refractivity contribution < 1.29 is 9.59 Å². The van der Waals surface area contributed by atoms with E-state index in [9.17, 15) is 9.59 Å². The Bertz CT molecular complexity index is 551. The predicted octanol–water partition coefficient (Wildman–Crippen LogP) is 1.60. The maximum Gasteiger partial charge on any atom is 0.296 e. The molecule has 2 N–H and O–H groups in total. The summed E-state index contributed by atoms with van der Waals surface area (Å²) in [5.41, 5.74) is 0.774. The van der Waals surface area contributed by atoms with Gasteiger partial charge in [-0.1, -0.05) is 37.0 Å². The molecule has 0 aliphatic heterocycles. The molecule has 1 aromatic rings. The third kappa shape index (κ3) is 4.96. The molecule has 0 bridgehead atoms. The SMILES string of the molecule is C[C@H](NC(=O)C#Cc1ccccc1)C(=O)NC1CCCC1. The summed E-state index contributed by atoms with van der Waals surface area (Å²) in [6, 6.07) is 8.96. The van der Waals surface area contributed by atoms with Crippen molar-refractivity contribution in [1.82, 2.24) is 10.6 Å². The molecule has 4 heteroatoms. The average molecular weight is 284 g/mol. The molecule has 1 saturated carbocycles. The van der Waals surface area contributed by atoms with Crippen molar-refractivity contribution in [3.63, 3.8) is 0 Å². The fourth-order valence-electron chi connectivity index (χ4n) is 2.35. The molecule has 1 aromatic carbocycles. The van der Waals surface area contributed by atoms with E-state index in [-0.39, 0.29) is 11.9 Å². The number of benzene rings is 1. The van der Waals surface area contributed by atoms with E-state index in [0.29, 0.717) is 0 Å². The van der Waals surface area contributed by atoms with E-state index in [1.807, 2.05) is 30.3 Å².